The van der Waals surface area contributed by atoms with E-state index in [-0.39, 0.29) is 137 Å². The second-order valence-corrected chi connectivity index (χ2v) is 30.6. The summed E-state index contributed by atoms with van der Waals surface area (Å²) >= 11 is 0. The van der Waals surface area contributed by atoms with Gasteiger partial charge in [-0.15, -0.1) is 0 Å². The van der Waals surface area contributed by atoms with Crippen molar-refractivity contribution in [3.63, 3.8) is 0 Å². The van der Waals surface area contributed by atoms with Crippen molar-refractivity contribution in [3.05, 3.63) is 34.9 Å². The van der Waals surface area contributed by atoms with E-state index in [1.54, 1.807) is 0 Å². The summed E-state index contributed by atoms with van der Waals surface area (Å²) in [7, 11) is -9.59. The van der Waals surface area contributed by atoms with Crippen LogP contribution in [0.1, 0.15) is 337 Å². The number of hydrogen-bond acceptors (Lipinski definition) is 18. The van der Waals surface area contributed by atoms with E-state index in [4.69, 9.17) is 37.0 Å². The summed E-state index contributed by atoms with van der Waals surface area (Å²) in [5.41, 5.74) is 0. The first kappa shape index (κ1) is 109. The minimum atomic E-state index is -4.79. The zero-order valence-electron chi connectivity index (χ0n) is 67.5. The Labute approximate surface area is 685 Å². The topological polar surface area (TPSA) is 344 Å². The van der Waals surface area contributed by atoms with E-state index < -0.39 is 114 Å². The van der Waals surface area contributed by atoms with Gasteiger partial charge in [-0.2, -0.15) is 0 Å². The zero-order chi connectivity index (χ0) is 76.8. The molecule has 0 aromatic rings. The second-order valence-electron chi connectivity index (χ2n) is 27.7. The molecular weight excluding hydrogens is 1420 g/mol. The number of esters is 2. The zero-order valence-corrected chi connectivity index (χ0v) is 73.3. The Kier molecular flexibility index (Phi) is 79.1. The summed E-state index contributed by atoms with van der Waals surface area (Å²) in [4.78, 5) is 99.9. The number of amides is 4. The van der Waals surface area contributed by atoms with Crippen LogP contribution in [0.3, 0.4) is 0 Å². The molecule has 0 aromatic heterocycles. The molecule has 0 aliphatic heterocycles. The standard InChI is InChI=1S/C78H148N4O20P2.2Na/c1-7-13-19-25-27-29-31-37-43-49-77(89)101-71(47-41-35-23-17-11-5)61-75(87)81-67(63-95-57-53-69(83)45-39-33-21-15-9-3)65-99-103(91,92)97-59-55-79-73(85)51-52-74(86)80-56-60-98-104(93,94)100-66-68(64-96-58-54-70(84)46-40-34-22-16-10-4)82-76(88)62-72(48-42-36-24-18-12-6)102-78(90)50-44-38-32-30-28-26-20-14-8-2;;/h29-32,67-72,83-84H,7-28,33-66H2,1-6H3,(H6,79,80,81,82,85,86,87,88,91,92,93,94);;/q;2*+1/p-2/b31-29-,32-30-;;/t67?,68?,69-,70-,71-,72-;;/m1../s1. The third kappa shape index (κ3) is 73.8. The first-order valence-corrected chi connectivity index (χ1v) is 43.6. The van der Waals surface area contributed by atoms with Crippen molar-refractivity contribution in [1.29, 1.82) is 0 Å². The van der Waals surface area contributed by atoms with Crippen LogP contribution >= 0.6 is 15.6 Å². The predicted octanol–water partition coefficient (Wildman–Crippen LogP) is 11.8. The molecule has 0 spiro atoms. The van der Waals surface area contributed by atoms with Gasteiger partial charge in [0.15, 0.2) is 0 Å². The molecule has 4 amide bonds. The van der Waals surface area contributed by atoms with Gasteiger partial charge in [-0.25, -0.2) is 9.13 Å². The Morgan fingerprint density at radius 2 is 0.670 bits per heavy atom. The monoisotopic (exact) mass is 1570 g/mol. The van der Waals surface area contributed by atoms with Crippen LogP contribution in [0.5, 0.6) is 0 Å². The molecule has 4 unspecified atom stereocenters. The third-order valence-corrected chi connectivity index (χ3v) is 19.5. The minimum absolute atomic E-state index is 0. The first-order valence-electron chi connectivity index (χ1n) is 40.7. The normalized spacial score (nSPS) is 14.4. The SMILES string of the molecule is CCCCCC/C=C\CCCC(=O)O[C@H](CCCCCCC)CC(=O)[N-]C(COCC[C@H](O)CCCCCCC)COP(=O)(O)OCCNC(=O)CCC(=O)NCCOP(=O)(O)OCC(COCC[C@H](O)CCCCCCC)[N-]C(=O)C[C@@H](CCCCCCC)OC(=O)CCC/C=C\CCCCCC.[Na+].[Na+]. The Hall–Kier alpha value is -1.64. The first-order chi connectivity index (χ1) is 50.2. The molecule has 0 aliphatic carbocycles. The van der Waals surface area contributed by atoms with Crippen LogP contribution in [0.25, 0.3) is 10.6 Å². The molecule has 106 heavy (non-hydrogen) atoms. The number of phosphoric acid groups is 2. The second kappa shape index (κ2) is 77.3. The van der Waals surface area contributed by atoms with E-state index >= 15 is 0 Å². The number of nitrogens with zero attached hydrogens (tertiary/aromatic N) is 2. The maximum atomic E-state index is 13.6. The van der Waals surface area contributed by atoms with E-state index in [0.717, 1.165) is 167 Å². The van der Waals surface area contributed by atoms with E-state index in [1.807, 2.05) is 0 Å². The summed E-state index contributed by atoms with van der Waals surface area (Å²) in [5, 5.41) is 34.7. The molecule has 0 aromatic carbocycles. The summed E-state index contributed by atoms with van der Waals surface area (Å²) in [5.74, 6) is -3.19. The van der Waals surface area contributed by atoms with Crippen LogP contribution in [-0.4, -0.2) is 158 Å². The number of rotatable bonds is 77. The summed E-state index contributed by atoms with van der Waals surface area (Å²) in [6.07, 6.45) is 42.4. The van der Waals surface area contributed by atoms with Crippen LogP contribution in [0.2, 0.25) is 0 Å². The van der Waals surface area contributed by atoms with Crippen molar-refractivity contribution in [3.8, 4) is 0 Å². The molecule has 0 bridgehead atoms. The number of phosphoric ester groups is 2. The molecule has 0 heterocycles. The smallest absolute Gasteiger partial charge is 0.647 e. The summed E-state index contributed by atoms with van der Waals surface area (Å²) in [6, 6.07) is -2.14. The van der Waals surface area contributed by atoms with Gasteiger partial charge >= 0.3 is 86.7 Å². The van der Waals surface area contributed by atoms with Gasteiger partial charge in [0.05, 0.1) is 37.2 Å². The molecule has 8 atom stereocenters. The van der Waals surface area contributed by atoms with Gasteiger partial charge in [0.2, 0.25) is 11.8 Å². The van der Waals surface area contributed by atoms with Gasteiger partial charge in [-0.1, -0.05) is 232 Å². The van der Waals surface area contributed by atoms with Crippen molar-refractivity contribution in [2.45, 2.75) is 373 Å². The van der Waals surface area contributed by atoms with Gasteiger partial charge < -0.3 is 69.8 Å². The van der Waals surface area contributed by atoms with E-state index in [2.05, 4.69) is 87.1 Å². The molecule has 0 rings (SSSR count). The maximum Gasteiger partial charge on any atom is 1.00 e. The van der Waals surface area contributed by atoms with E-state index in [0.29, 0.717) is 51.4 Å². The van der Waals surface area contributed by atoms with Gasteiger partial charge in [-0.05, 0) is 103 Å². The fourth-order valence-electron chi connectivity index (χ4n) is 11.2. The van der Waals surface area contributed by atoms with E-state index in [1.165, 1.54) is 38.5 Å². The molecule has 28 heteroatoms. The molecule has 0 fully saturated rings. The number of aliphatic hydroxyl groups excluding tert-OH is 2. The van der Waals surface area contributed by atoms with Crippen molar-refractivity contribution >= 4 is 51.2 Å². The number of allylic oxidation sites excluding steroid dienone is 4. The average Bonchev–Trinajstić information content (AvgIpc) is 1.10. The summed E-state index contributed by atoms with van der Waals surface area (Å²) < 4.78 is 70.3. The fourth-order valence-corrected chi connectivity index (χ4v) is 12.8. The predicted molar refractivity (Wildman–Crippen MR) is 412 cm³/mol. The molecule has 0 radical (unpaired) electrons. The van der Waals surface area contributed by atoms with Crippen molar-refractivity contribution in [1.82, 2.24) is 10.6 Å². The average molecular weight is 1570 g/mol. The Morgan fingerprint density at radius 1 is 0.368 bits per heavy atom. The van der Waals surface area contributed by atoms with Gasteiger partial charge in [-0.3, -0.25) is 37.3 Å². The molecule has 6 N–H and O–H groups in total. The van der Waals surface area contributed by atoms with Crippen molar-refractivity contribution in [2.75, 3.05) is 65.9 Å². The fraction of sp³-hybridized carbons (Fsp3) is 0.872. The van der Waals surface area contributed by atoms with Crippen LogP contribution in [-0.2, 0) is 74.9 Å². The number of aliphatic hydroxyl groups is 2. The van der Waals surface area contributed by atoms with Gasteiger partial charge in [0.25, 0.3) is 0 Å². The molecule has 24 nitrogen and oxygen atoms in total. The Bertz CT molecular complexity index is 2130. The Balaban J connectivity index is -0.0000530. The third-order valence-electron chi connectivity index (χ3n) is 17.5. The van der Waals surface area contributed by atoms with Crippen LogP contribution in [0, 0.1) is 0 Å². The summed E-state index contributed by atoms with van der Waals surface area (Å²) in [6.45, 7) is 10.2. The molecular formula is C78H146N4Na2O20P2. The van der Waals surface area contributed by atoms with Gasteiger partial charge in [0, 0.05) is 91.3 Å². The minimum Gasteiger partial charge on any atom is -0.647 e. The van der Waals surface area contributed by atoms with E-state index in [9.17, 15) is 57.9 Å². The molecule has 0 aliphatic rings. The van der Waals surface area contributed by atoms with Crippen molar-refractivity contribution in [2.24, 2.45) is 0 Å². The molecule has 0 saturated heterocycles. The number of unbranched alkanes of at least 4 members (excludes halogenated alkanes) is 26. The van der Waals surface area contributed by atoms with Crippen molar-refractivity contribution < 1.29 is 154 Å². The number of carbonyl (C=O) groups excluding carboxylic acids is 6. The van der Waals surface area contributed by atoms with Crippen LogP contribution in [0.15, 0.2) is 24.3 Å². The van der Waals surface area contributed by atoms with Crippen LogP contribution < -0.4 is 69.7 Å². The molecule has 610 valence electrons. The van der Waals surface area contributed by atoms with Crippen LogP contribution in [0.4, 0.5) is 0 Å². The maximum absolute atomic E-state index is 13.6. The van der Waals surface area contributed by atoms with Gasteiger partial charge in [0.1, 0.15) is 12.2 Å². The Morgan fingerprint density at radius 3 is 1.00 bits per heavy atom. The largest absolute Gasteiger partial charge is 1.00 e. The number of nitrogens with one attached hydrogen (secondary N) is 2. The number of ether oxygens (including phenoxy) is 4. The number of carbonyl (C=O) groups is 6. The number of hydrogen-bond donors (Lipinski definition) is 6. The molecule has 0 saturated carbocycles. The quantitative estimate of drug-likeness (QED) is 0.0108.